The summed E-state index contributed by atoms with van der Waals surface area (Å²) in [7, 11) is 1.46. The van der Waals surface area contributed by atoms with E-state index >= 15 is 0 Å². The molecule has 2 rings (SSSR count). The zero-order valence-corrected chi connectivity index (χ0v) is 12.4. The molecule has 5 nitrogen and oxygen atoms in total. The molecule has 1 unspecified atom stereocenters. The summed E-state index contributed by atoms with van der Waals surface area (Å²) < 4.78 is 34.2. The second kappa shape index (κ2) is 7.93. The Hall–Kier alpha value is -1.89. The Morgan fingerprint density at radius 2 is 2.32 bits per heavy atom. The number of halogens is 2. The van der Waals surface area contributed by atoms with Crippen LogP contribution < -0.4 is 20.1 Å². The third kappa shape index (κ3) is 4.84. The number of alkyl halides is 2. The minimum absolute atomic E-state index is 0.0804. The standard InChI is InChI=1S/C15H20F2N2O3/c1-21-11-5-6-13(22-15(16)17)12(9-11)19-14(20)7-4-10-3-2-8-18-10/h5-6,9-10,15,18H,2-4,7-8H2,1H3,(H,19,20). The van der Waals surface area contributed by atoms with Crippen molar-refractivity contribution in [1.29, 1.82) is 0 Å². The predicted molar refractivity (Wildman–Crippen MR) is 78.5 cm³/mol. The molecule has 0 spiro atoms. The summed E-state index contributed by atoms with van der Waals surface area (Å²) >= 11 is 0. The second-order valence-electron chi connectivity index (χ2n) is 5.12. The molecule has 0 aromatic heterocycles. The Labute approximate surface area is 128 Å². The molecule has 2 N–H and O–H groups in total. The highest BCUT2D eigenvalue weighted by Crippen LogP contribution is 2.30. The van der Waals surface area contributed by atoms with E-state index in [2.05, 4.69) is 15.4 Å². The van der Waals surface area contributed by atoms with Crippen LogP contribution in [0.25, 0.3) is 0 Å². The molecule has 22 heavy (non-hydrogen) atoms. The lowest BCUT2D eigenvalue weighted by Crippen LogP contribution is -2.23. The molecule has 1 amide bonds. The van der Waals surface area contributed by atoms with E-state index in [1.807, 2.05) is 0 Å². The average molecular weight is 314 g/mol. The van der Waals surface area contributed by atoms with Crippen LogP contribution >= 0.6 is 0 Å². The summed E-state index contributed by atoms with van der Waals surface area (Å²) in [6.07, 6.45) is 3.23. The van der Waals surface area contributed by atoms with E-state index in [1.54, 1.807) is 0 Å². The molecule has 0 aliphatic carbocycles. The van der Waals surface area contributed by atoms with E-state index in [4.69, 9.17) is 4.74 Å². The normalized spacial score (nSPS) is 17.5. The van der Waals surface area contributed by atoms with Crippen molar-refractivity contribution < 1.29 is 23.0 Å². The van der Waals surface area contributed by atoms with Gasteiger partial charge in [-0.3, -0.25) is 4.79 Å². The smallest absolute Gasteiger partial charge is 0.387 e. The fourth-order valence-corrected chi connectivity index (χ4v) is 2.45. The van der Waals surface area contributed by atoms with Crippen molar-refractivity contribution in [3.63, 3.8) is 0 Å². The van der Waals surface area contributed by atoms with Crippen LogP contribution in [-0.2, 0) is 4.79 Å². The molecule has 1 fully saturated rings. The van der Waals surface area contributed by atoms with Crippen LogP contribution in [0.1, 0.15) is 25.7 Å². The van der Waals surface area contributed by atoms with Crippen LogP contribution in [0.3, 0.4) is 0 Å². The van der Waals surface area contributed by atoms with Crippen molar-refractivity contribution in [3.05, 3.63) is 18.2 Å². The first kappa shape index (κ1) is 16.5. The lowest BCUT2D eigenvalue weighted by atomic mass is 10.1. The van der Waals surface area contributed by atoms with Crippen LogP contribution in [0, 0.1) is 0 Å². The topological polar surface area (TPSA) is 59.6 Å². The number of amides is 1. The van der Waals surface area contributed by atoms with Gasteiger partial charge in [0.1, 0.15) is 11.5 Å². The number of ether oxygens (including phenoxy) is 2. The van der Waals surface area contributed by atoms with Gasteiger partial charge in [-0.15, -0.1) is 0 Å². The number of nitrogens with one attached hydrogen (secondary N) is 2. The van der Waals surface area contributed by atoms with Gasteiger partial charge in [0, 0.05) is 18.5 Å². The zero-order valence-electron chi connectivity index (χ0n) is 12.4. The van der Waals surface area contributed by atoms with E-state index in [-0.39, 0.29) is 17.3 Å². The Kier molecular flexibility index (Phi) is 5.94. The average Bonchev–Trinajstić information content (AvgIpc) is 3.00. The third-order valence-electron chi connectivity index (χ3n) is 3.56. The molecule has 7 heteroatoms. The monoisotopic (exact) mass is 314 g/mol. The number of methoxy groups -OCH3 is 1. The van der Waals surface area contributed by atoms with Crippen molar-refractivity contribution in [2.75, 3.05) is 19.0 Å². The molecule has 1 aliphatic heterocycles. The molecule has 1 aromatic carbocycles. The lowest BCUT2D eigenvalue weighted by molar-refractivity contribution is -0.116. The molecule has 1 aliphatic rings. The largest absolute Gasteiger partial charge is 0.497 e. The van der Waals surface area contributed by atoms with Gasteiger partial charge in [0.15, 0.2) is 0 Å². The highest BCUT2D eigenvalue weighted by Gasteiger charge is 2.17. The number of carbonyl (C=O) groups is 1. The molecule has 0 radical (unpaired) electrons. The molecular formula is C15H20F2N2O3. The Morgan fingerprint density at radius 1 is 1.50 bits per heavy atom. The van der Waals surface area contributed by atoms with Crippen LogP contribution in [0.2, 0.25) is 0 Å². The predicted octanol–water partition coefficient (Wildman–Crippen LogP) is 2.77. The van der Waals surface area contributed by atoms with Gasteiger partial charge < -0.3 is 20.1 Å². The van der Waals surface area contributed by atoms with Gasteiger partial charge in [0.05, 0.1) is 12.8 Å². The summed E-state index contributed by atoms with van der Waals surface area (Å²) in [6.45, 7) is -1.97. The Bertz CT molecular complexity index is 506. The maximum Gasteiger partial charge on any atom is 0.387 e. The maximum atomic E-state index is 12.4. The molecule has 1 aromatic rings. The van der Waals surface area contributed by atoms with Crippen LogP contribution in [0.4, 0.5) is 14.5 Å². The molecule has 1 saturated heterocycles. The van der Waals surface area contributed by atoms with Gasteiger partial charge in [-0.2, -0.15) is 8.78 Å². The number of carbonyl (C=O) groups excluding carboxylic acids is 1. The summed E-state index contributed by atoms with van der Waals surface area (Å²) in [5, 5.41) is 5.92. The number of hydrogen-bond donors (Lipinski definition) is 2. The highest BCUT2D eigenvalue weighted by molar-refractivity contribution is 5.92. The third-order valence-corrected chi connectivity index (χ3v) is 3.56. The maximum absolute atomic E-state index is 12.4. The van der Waals surface area contributed by atoms with Crippen molar-refractivity contribution in [2.45, 2.75) is 38.3 Å². The molecular weight excluding hydrogens is 294 g/mol. The van der Waals surface area contributed by atoms with E-state index < -0.39 is 6.61 Å². The van der Waals surface area contributed by atoms with Gasteiger partial charge in [-0.1, -0.05) is 0 Å². The first-order chi connectivity index (χ1) is 10.6. The lowest BCUT2D eigenvalue weighted by Gasteiger charge is -2.14. The molecule has 1 atom stereocenters. The molecule has 1 heterocycles. The van der Waals surface area contributed by atoms with Gasteiger partial charge in [0.2, 0.25) is 5.91 Å². The quantitative estimate of drug-likeness (QED) is 0.812. The molecule has 0 bridgehead atoms. The molecule has 0 saturated carbocycles. The van der Waals surface area contributed by atoms with Crippen molar-refractivity contribution in [3.8, 4) is 11.5 Å². The zero-order chi connectivity index (χ0) is 15.9. The van der Waals surface area contributed by atoms with Crippen LogP contribution in [-0.4, -0.2) is 32.2 Å². The summed E-state index contributed by atoms with van der Waals surface area (Å²) in [4.78, 5) is 12.0. The second-order valence-corrected chi connectivity index (χ2v) is 5.12. The van der Waals surface area contributed by atoms with Crippen molar-refractivity contribution in [2.24, 2.45) is 0 Å². The SMILES string of the molecule is COc1ccc(OC(F)F)c(NC(=O)CCC2CCCN2)c1. The van der Waals surface area contributed by atoms with Crippen LogP contribution in [0.15, 0.2) is 18.2 Å². The van der Waals surface area contributed by atoms with Crippen molar-refractivity contribution in [1.82, 2.24) is 5.32 Å². The van der Waals surface area contributed by atoms with E-state index in [0.29, 0.717) is 18.2 Å². The Balaban J connectivity index is 1.97. The number of anilines is 1. The van der Waals surface area contributed by atoms with Gasteiger partial charge in [-0.25, -0.2) is 0 Å². The molecule has 122 valence electrons. The minimum Gasteiger partial charge on any atom is -0.497 e. The first-order valence-corrected chi connectivity index (χ1v) is 7.24. The number of rotatable bonds is 7. The van der Waals surface area contributed by atoms with E-state index in [1.165, 1.54) is 25.3 Å². The number of hydrogen-bond acceptors (Lipinski definition) is 4. The van der Waals surface area contributed by atoms with E-state index in [9.17, 15) is 13.6 Å². The number of benzene rings is 1. The summed E-state index contributed by atoms with van der Waals surface area (Å²) in [5.41, 5.74) is 0.184. The minimum atomic E-state index is -2.95. The highest BCUT2D eigenvalue weighted by atomic mass is 19.3. The first-order valence-electron chi connectivity index (χ1n) is 7.24. The fourth-order valence-electron chi connectivity index (χ4n) is 2.45. The van der Waals surface area contributed by atoms with E-state index in [0.717, 1.165) is 25.8 Å². The summed E-state index contributed by atoms with van der Waals surface area (Å²) in [6, 6.07) is 4.66. The van der Waals surface area contributed by atoms with Crippen LogP contribution in [0.5, 0.6) is 11.5 Å². The van der Waals surface area contributed by atoms with Gasteiger partial charge in [-0.05, 0) is 37.9 Å². The van der Waals surface area contributed by atoms with Gasteiger partial charge in [0.25, 0.3) is 0 Å². The fraction of sp³-hybridized carbons (Fsp3) is 0.533. The summed E-state index contributed by atoms with van der Waals surface area (Å²) in [5.74, 6) is 0.138. The Morgan fingerprint density at radius 3 is 2.95 bits per heavy atom. The van der Waals surface area contributed by atoms with Crippen molar-refractivity contribution >= 4 is 11.6 Å². The van der Waals surface area contributed by atoms with Gasteiger partial charge >= 0.3 is 6.61 Å².